The molecule has 0 spiro atoms. The number of amides is 2. The Morgan fingerprint density at radius 1 is 1.31 bits per heavy atom. The average molecular weight is 376 g/mol. The van der Waals surface area contributed by atoms with Crippen molar-refractivity contribution in [2.24, 2.45) is 5.73 Å². The van der Waals surface area contributed by atoms with Crippen molar-refractivity contribution in [3.8, 4) is 11.3 Å². The molecule has 8 heteroatoms. The molecule has 1 aliphatic heterocycles. The summed E-state index contributed by atoms with van der Waals surface area (Å²) in [7, 11) is 0. The molecule has 1 aliphatic rings. The third kappa shape index (κ3) is 4.86. The van der Waals surface area contributed by atoms with E-state index in [0.29, 0.717) is 10.8 Å². The molecule has 1 atom stereocenters. The molecule has 1 saturated heterocycles. The van der Waals surface area contributed by atoms with E-state index >= 15 is 0 Å². The zero-order chi connectivity index (χ0) is 18.5. The van der Waals surface area contributed by atoms with E-state index in [0.717, 1.165) is 31.4 Å². The highest BCUT2D eigenvalue weighted by atomic mass is 32.1. The van der Waals surface area contributed by atoms with Crippen LogP contribution < -0.4 is 11.1 Å². The number of halogens is 1. The summed E-state index contributed by atoms with van der Waals surface area (Å²) in [4.78, 5) is 30.0. The van der Waals surface area contributed by atoms with Gasteiger partial charge < -0.3 is 11.1 Å². The molecule has 3 N–H and O–H groups in total. The largest absolute Gasteiger partial charge is 0.370 e. The molecule has 2 aromatic rings. The topological polar surface area (TPSA) is 88.3 Å². The number of nitrogens with one attached hydrogen (secondary N) is 1. The first-order valence-corrected chi connectivity index (χ1v) is 9.43. The molecule has 0 aliphatic carbocycles. The van der Waals surface area contributed by atoms with E-state index in [-0.39, 0.29) is 36.6 Å². The minimum absolute atomic E-state index is 0.0260. The molecule has 138 valence electrons. The molecule has 2 heterocycles. The third-order valence-electron chi connectivity index (χ3n) is 4.42. The number of hydrogen-bond donors (Lipinski definition) is 2. The van der Waals surface area contributed by atoms with Crippen molar-refractivity contribution in [2.75, 3.05) is 18.4 Å². The number of thiazole rings is 1. The minimum atomic E-state index is -0.342. The lowest BCUT2D eigenvalue weighted by molar-refractivity contribution is -0.122. The van der Waals surface area contributed by atoms with Gasteiger partial charge in [0.25, 0.3) is 0 Å². The van der Waals surface area contributed by atoms with Crippen molar-refractivity contribution < 1.29 is 14.0 Å². The molecule has 0 bridgehead atoms. The van der Waals surface area contributed by atoms with Crippen molar-refractivity contribution in [2.45, 2.75) is 31.7 Å². The van der Waals surface area contributed by atoms with Gasteiger partial charge in [0.15, 0.2) is 5.13 Å². The molecule has 26 heavy (non-hydrogen) atoms. The summed E-state index contributed by atoms with van der Waals surface area (Å²) >= 11 is 1.32. The second-order valence-corrected chi connectivity index (χ2v) is 7.24. The van der Waals surface area contributed by atoms with Gasteiger partial charge in [-0.05, 0) is 43.7 Å². The number of anilines is 1. The molecular formula is C18H21FN4O2S. The standard InChI is InChI=1S/C18H21FN4O2S/c19-13-6-4-12(5-7-13)15-11-26-18(21-15)22-17(25)10-23-8-2-1-3-14(23)9-16(20)24/h4-7,11,14H,1-3,8-10H2,(H2,20,24)(H,21,22,25). The highest BCUT2D eigenvalue weighted by Crippen LogP contribution is 2.25. The number of carbonyl (C=O) groups is 2. The van der Waals surface area contributed by atoms with Gasteiger partial charge in [-0.25, -0.2) is 9.37 Å². The molecule has 0 radical (unpaired) electrons. The monoisotopic (exact) mass is 376 g/mol. The Balaban J connectivity index is 1.59. The first-order chi connectivity index (χ1) is 12.5. The normalized spacial score (nSPS) is 17.8. The number of nitrogens with zero attached hydrogens (tertiary/aromatic N) is 2. The number of carbonyl (C=O) groups excluding carboxylic acids is 2. The number of benzene rings is 1. The Bertz CT molecular complexity index is 778. The maximum Gasteiger partial charge on any atom is 0.240 e. The zero-order valence-electron chi connectivity index (χ0n) is 14.3. The molecule has 6 nitrogen and oxygen atoms in total. The fourth-order valence-electron chi connectivity index (χ4n) is 3.16. The van der Waals surface area contributed by atoms with Gasteiger partial charge in [-0.1, -0.05) is 6.42 Å². The van der Waals surface area contributed by atoms with Crippen LogP contribution in [0, 0.1) is 5.82 Å². The number of aromatic nitrogens is 1. The summed E-state index contributed by atoms with van der Waals surface area (Å²) in [5.74, 6) is -0.808. The van der Waals surface area contributed by atoms with Crippen LogP contribution in [0.5, 0.6) is 0 Å². The van der Waals surface area contributed by atoms with Gasteiger partial charge in [-0.15, -0.1) is 11.3 Å². The van der Waals surface area contributed by atoms with Gasteiger partial charge in [0.2, 0.25) is 11.8 Å². The minimum Gasteiger partial charge on any atom is -0.370 e. The van der Waals surface area contributed by atoms with Crippen molar-refractivity contribution in [3.63, 3.8) is 0 Å². The number of hydrogen-bond acceptors (Lipinski definition) is 5. The molecule has 0 saturated carbocycles. The second kappa shape index (κ2) is 8.37. The Kier molecular flexibility index (Phi) is 5.95. The molecule has 1 aromatic heterocycles. The van der Waals surface area contributed by atoms with Gasteiger partial charge >= 0.3 is 0 Å². The van der Waals surface area contributed by atoms with Crippen LogP contribution in [-0.2, 0) is 9.59 Å². The first-order valence-electron chi connectivity index (χ1n) is 8.55. The SMILES string of the molecule is NC(=O)CC1CCCCN1CC(=O)Nc1nc(-c2ccc(F)cc2)cs1. The summed E-state index contributed by atoms with van der Waals surface area (Å²) < 4.78 is 13.0. The van der Waals surface area contributed by atoms with Gasteiger partial charge in [0.1, 0.15) is 5.82 Å². The Hall–Kier alpha value is -2.32. The van der Waals surface area contributed by atoms with Gasteiger partial charge in [0.05, 0.1) is 12.2 Å². The van der Waals surface area contributed by atoms with Crippen LogP contribution in [0.15, 0.2) is 29.6 Å². The molecule has 3 rings (SSSR count). The van der Waals surface area contributed by atoms with Crippen LogP contribution in [0.1, 0.15) is 25.7 Å². The highest BCUT2D eigenvalue weighted by molar-refractivity contribution is 7.14. The lowest BCUT2D eigenvalue weighted by atomic mass is 9.99. The van der Waals surface area contributed by atoms with Crippen LogP contribution in [0.2, 0.25) is 0 Å². The molecule has 1 fully saturated rings. The van der Waals surface area contributed by atoms with Crippen molar-refractivity contribution in [3.05, 3.63) is 35.5 Å². The van der Waals surface area contributed by atoms with E-state index in [1.54, 1.807) is 12.1 Å². The quantitative estimate of drug-likeness (QED) is 0.811. The summed E-state index contributed by atoms with van der Waals surface area (Å²) in [6.45, 7) is 0.994. The number of primary amides is 1. The second-order valence-electron chi connectivity index (χ2n) is 6.38. The van der Waals surface area contributed by atoms with Gasteiger partial charge in [0, 0.05) is 23.4 Å². The van der Waals surface area contributed by atoms with Crippen LogP contribution in [-0.4, -0.2) is 40.8 Å². The summed E-state index contributed by atoms with van der Waals surface area (Å²) in [6, 6.07) is 6.08. The number of nitrogens with two attached hydrogens (primary N) is 1. The van der Waals surface area contributed by atoms with Crippen LogP contribution in [0.4, 0.5) is 9.52 Å². The van der Waals surface area contributed by atoms with E-state index in [9.17, 15) is 14.0 Å². The predicted molar refractivity (Wildman–Crippen MR) is 99.2 cm³/mol. The maximum atomic E-state index is 13.0. The fourth-order valence-corrected chi connectivity index (χ4v) is 3.90. The average Bonchev–Trinajstić information content (AvgIpc) is 3.05. The summed E-state index contributed by atoms with van der Waals surface area (Å²) in [5.41, 5.74) is 6.79. The first kappa shape index (κ1) is 18.5. The molecule has 1 aromatic carbocycles. The zero-order valence-corrected chi connectivity index (χ0v) is 15.1. The van der Waals surface area contributed by atoms with Crippen LogP contribution in [0.25, 0.3) is 11.3 Å². The predicted octanol–water partition coefficient (Wildman–Crippen LogP) is 2.62. The van der Waals surface area contributed by atoms with Crippen LogP contribution in [0.3, 0.4) is 0 Å². The smallest absolute Gasteiger partial charge is 0.240 e. The summed E-state index contributed by atoms with van der Waals surface area (Å²) in [6.07, 6.45) is 3.21. The molecular weight excluding hydrogens is 355 g/mol. The highest BCUT2D eigenvalue weighted by Gasteiger charge is 2.25. The van der Waals surface area contributed by atoms with Gasteiger partial charge in [-0.2, -0.15) is 0 Å². The Morgan fingerprint density at radius 3 is 2.81 bits per heavy atom. The van der Waals surface area contributed by atoms with E-state index in [1.807, 2.05) is 10.3 Å². The summed E-state index contributed by atoms with van der Waals surface area (Å²) in [5, 5.41) is 5.12. The van der Waals surface area contributed by atoms with Crippen molar-refractivity contribution >= 4 is 28.3 Å². The number of likely N-dealkylation sites (tertiary alicyclic amines) is 1. The lowest BCUT2D eigenvalue weighted by Crippen LogP contribution is -2.45. The number of piperidine rings is 1. The van der Waals surface area contributed by atoms with Gasteiger partial charge in [-0.3, -0.25) is 14.5 Å². The van der Waals surface area contributed by atoms with E-state index in [4.69, 9.17) is 5.73 Å². The van der Waals surface area contributed by atoms with Crippen LogP contribution >= 0.6 is 11.3 Å². The molecule has 2 amide bonds. The maximum absolute atomic E-state index is 13.0. The lowest BCUT2D eigenvalue weighted by Gasteiger charge is -2.34. The van der Waals surface area contributed by atoms with Crippen molar-refractivity contribution in [1.82, 2.24) is 9.88 Å². The third-order valence-corrected chi connectivity index (χ3v) is 5.18. The molecule has 1 unspecified atom stereocenters. The Morgan fingerprint density at radius 2 is 2.08 bits per heavy atom. The fraction of sp³-hybridized carbons (Fsp3) is 0.389. The van der Waals surface area contributed by atoms with E-state index in [2.05, 4.69) is 10.3 Å². The number of rotatable bonds is 6. The van der Waals surface area contributed by atoms with E-state index in [1.165, 1.54) is 23.5 Å². The Labute approximate surface area is 155 Å². The van der Waals surface area contributed by atoms with E-state index < -0.39 is 0 Å². The van der Waals surface area contributed by atoms with Crippen molar-refractivity contribution in [1.29, 1.82) is 0 Å².